The smallest absolute Gasteiger partial charge is 0.372 e. The second-order valence-corrected chi connectivity index (χ2v) is 5.67. The largest absolute Gasteiger partial charge is 0.411 e. The Morgan fingerprint density at radius 3 is 2.81 bits per heavy atom. The number of hydrogen-bond acceptors (Lipinski definition) is 3. The first-order chi connectivity index (χ1) is 10.0. The molecule has 6 heteroatoms. The summed E-state index contributed by atoms with van der Waals surface area (Å²) in [7, 11) is 0. The number of alkyl halides is 3. The van der Waals surface area contributed by atoms with Gasteiger partial charge in [-0.25, -0.2) is 0 Å². The molecule has 0 aliphatic carbocycles. The fourth-order valence-electron chi connectivity index (χ4n) is 2.29. The topological polar surface area (TPSA) is 21.3 Å². The van der Waals surface area contributed by atoms with E-state index in [1.165, 1.54) is 4.70 Å². The maximum atomic E-state index is 12.1. The van der Waals surface area contributed by atoms with Crippen LogP contribution in [0.25, 0.3) is 10.1 Å². The lowest BCUT2D eigenvalue weighted by atomic mass is 10.0. The Bertz CT molecular complexity index is 567. The standard InChI is InChI=1S/C15H18F3NOS/c1-2-19-13(6-8-20-10-15(16,17)18)12-5-3-4-11-7-9-21-14(11)12/h3-5,7,9,13,19H,2,6,8,10H2,1H3. The van der Waals surface area contributed by atoms with Crippen molar-refractivity contribution >= 4 is 21.4 Å². The van der Waals surface area contributed by atoms with Gasteiger partial charge in [-0.05, 0) is 35.4 Å². The average molecular weight is 317 g/mol. The predicted octanol–water partition coefficient (Wildman–Crippen LogP) is 4.52. The van der Waals surface area contributed by atoms with Crippen LogP contribution >= 0.6 is 11.3 Å². The van der Waals surface area contributed by atoms with Crippen LogP contribution in [-0.2, 0) is 4.74 Å². The molecule has 0 amide bonds. The molecular formula is C15H18F3NOS. The van der Waals surface area contributed by atoms with Gasteiger partial charge in [-0.2, -0.15) is 13.2 Å². The van der Waals surface area contributed by atoms with Crippen molar-refractivity contribution in [3.05, 3.63) is 35.2 Å². The highest BCUT2D eigenvalue weighted by Crippen LogP contribution is 2.30. The van der Waals surface area contributed by atoms with Crippen molar-refractivity contribution in [2.24, 2.45) is 0 Å². The van der Waals surface area contributed by atoms with Crippen molar-refractivity contribution in [3.8, 4) is 0 Å². The molecule has 2 nitrogen and oxygen atoms in total. The first kappa shape index (κ1) is 16.3. The highest BCUT2D eigenvalue weighted by atomic mass is 32.1. The van der Waals surface area contributed by atoms with Crippen LogP contribution in [0.1, 0.15) is 24.9 Å². The van der Waals surface area contributed by atoms with Crippen molar-refractivity contribution in [2.45, 2.75) is 25.6 Å². The van der Waals surface area contributed by atoms with E-state index in [1.54, 1.807) is 11.3 Å². The van der Waals surface area contributed by atoms with Crippen molar-refractivity contribution in [1.82, 2.24) is 5.32 Å². The summed E-state index contributed by atoms with van der Waals surface area (Å²) in [5.74, 6) is 0. The molecule has 116 valence electrons. The second kappa shape index (κ2) is 7.24. The summed E-state index contributed by atoms with van der Waals surface area (Å²) in [6.07, 6.45) is -3.75. The summed E-state index contributed by atoms with van der Waals surface area (Å²) in [5, 5.41) is 6.51. The number of nitrogens with one attached hydrogen (secondary N) is 1. The average Bonchev–Trinajstić information content (AvgIpc) is 2.89. The Morgan fingerprint density at radius 1 is 1.29 bits per heavy atom. The van der Waals surface area contributed by atoms with Gasteiger partial charge >= 0.3 is 6.18 Å². The highest BCUT2D eigenvalue weighted by Gasteiger charge is 2.27. The van der Waals surface area contributed by atoms with E-state index in [9.17, 15) is 13.2 Å². The van der Waals surface area contributed by atoms with Gasteiger partial charge in [0.15, 0.2) is 0 Å². The van der Waals surface area contributed by atoms with E-state index in [0.717, 1.165) is 17.5 Å². The molecule has 0 aliphatic heterocycles. The minimum Gasteiger partial charge on any atom is -0.372 e. The fraction of sp³-hybridized carbons (Fsp3) is 0.467. The van der Waals surface area contributed by atoms with Crippen molar-refractivity contribution < 1.29 is 17.9 Å². The Morgan fingerprint density at radius 2 is 2.10 bits per heavy atom. The molecule has 21 heavy (non-hydrogen) atoms. The summed E-state index contributed by atoms with van der Waals surface area (Å²) >= 11 is 1.65. The Labute approximate surface area is 125 Å². The molecule has 1 aromatic heterocycles. The van der Waals surface area contributed by atoms with Gasteiger partial charge < -0.3 is 10.1 Å². The van der Waals surface area contributed by atoms with Crippen LogP contribution in [0.2, 0.25) is 0 Å². The van der Waals surface area contributed by atoms with E-state index in [-0.39, 0.29) is 12.6 Å². The molecule has 2 aromatic rings. The van der Waals surface area contributed by atoms with Crippen molar-refractivity contribution in [3.63, 3.8) is 0 Å². The lowest BCUT2D eigenvalue weighted by Gasteiger charge is -2.19. The van der Waals surface area contributed by atoms with Crippen LogP contribution in [-0.4, -0.2) is 25.9 Å². The first-order valence-electron chi connectivity index (χ1n) is 6.85. The van der Waals surface area contributed by atoms with E-state index in [2.05, 4.69) is 5.32 Å². The molecule has 1 aromatic carbocycles. The third-order valence-corrected chi connectivity index (χ3v) is 4.13. The van der Waals surface area contributed by atoms with Crippen LogP contribution in [0, 0.1) is 0 Å². The quantitative estimate of drug-likeness (QED) is 0.758. The molecular weight excluding hydrogens is 299 g/mol. The summed E-state index contributed by atoms with van der Waals surface area (Å²) in [6.45, 7) is 1.64. The first-order valence-corrected chi connectivity index (χ1v) is 7.73. The van der Waals surface area contributed by atoms with Gasteiger partial charge in [0.1, 0.15) is 6.61 Å². The number of rotatable bonds is 7. The third-order valence-electron chi connectivity index (χ3n) is 3.15. The van der Waals surface area contributed by atoms with E-state index >= 15 is 0 Å². The maximum absolute atomic E-state index is 12.1. The van der Waals surface area contributed by atoms with Crippen LogP contribution in [0.4, 0.5) is 13.2 Å². The van der Waals surface area contributed by atoms with Crippen molar-refractivity contribution in [1.29, 1.82) is 0 Å². The van der Waals surface area contributed by atoms with Gasteiger partial charge in [-0.3, -0.25) is 0 Å². The monoisotopic (exact) mass is 317 g/mol. The van der Waals surface area contributed by atoms with E-state index < -0.39 is 12.8 Å². The fourth-order valence-corrected chi connectivity index (χ4v) is 3.26. The normalized spacial score (nSPS) is 13.7. The van der Waals surface area contributed by atoms with Gasteiger partial charge in [-0.1, -0.05) is 25.1 Å². The van der Waals surface area contributed by atoms with E-state index in [4.69, 9.17) is 4.74 Å². The molecule has 1 heterocycles. The number of hydrogen-bond donors (Lipinski definition) is 1. The zero-order valence-corrected chi connectivity index (χ0v) is 12.6. The summed E-state index contributed by atoms with van der Waals surface area (Å²) in [5.41, 5.74) is 1.12. The maximum Gasteiger partial charge on any atom is 0.411 e. The molecule has 0 saturated heterocycles. The summed E-state index contributed by atoms with van der Waals surface area (Å²) in [6, 6.07) is 8.09. The van der Waals surface area contributed by atoms with Crippen LogP contribution in [0.5, 0.6) is 0 Å². The number of benzene rings is 1. The number of halogens is 3. The minimum absolute atomic E-state index is 0.00517. The number of fused-ring (bicyclic) bond motifs is 1. The molecule has 0 saturated carbocycles. The Hall–Kier alpha value is -1.11. The van der Waals surface area contributed by atoms with Gasteiger partial charge in [-0.15, -0.1) is 11.3 Å². The molecule has 1 atom stereocenters. The zero-order valence-electron chi connectivity index (χ0n) is 11.7. The SMILES string of the molecule is CCNC(CCOCC(F)(F)F)c1cccc2ccsc12. The predicted molar refractivity (Wildman–Crippen MR) is 79.7 cm³/mol. The molecule has 0 radical (unpaired) electrons. The highest BCUT2D eigenvalue weighted by molar-refractivity contribution is 7.17. The Kier molecular flexibility index (Phi) is 5.61. The van der Waals surface area contributed by atoms with Crippen LogP contribution in [0.15, 0.2) is 29.6 Å². The van der Waals surface area contributed by atoms with Gasteiger partial charge in [0.25, 0.3) is 0 Å². The molecule has 0 bridgehead atoms. The molecule has 1 N–H and O–H groups in total. The Balaban J connectivity index is 2.03. The third kappa shape index (κ3) is 4.69. The van der Waals surface area contributed by atoms with Gasteiger partial charge in [0.05, 0.1) is 0 Å². The number of ether oxygens (including phenoxy) is 1. The molecule has 0 fully saturated rings. The lowest BCUT2D eigenvalue weighted by molar-refractivity contribution is -0.174. The van der Waals surface area contributed by atoms with E-state index in [1.807, 2.05) is 36.6 Å². The second-order valence-electron chi connectivity index (χ2n) is 4.75. The number of thiophene rings is 1. The summed E-state index contributed by atoms with van der Waals surface area (Å²) < 4.78 is 42.1. The molecule has 2 rings (SSSR count). The minimum atomic E-state index is -4.26. The summed E-state index contributed by atoms with van der Waals surface area (Å²) in [4.78, 5) is 0. The zero-order chi connectivity index (χ0) is 15.3. The van der Waals surface area contributed by atoms with E-state index in [0.29, 0.717) is 6.42 Å². The van der Waals surface area contributed by atoms with Gasteiger partial charge in [0.2, 0.25) is 0 Å². The van der Waals surface area contributed by atoms with Crippen LogP contribution < -0.4 is 5.32 Å². The molecule has 1 unspecified atom stereocenters. The van der Waals surface area contributed by atoms with Crippen LogP contribution in [0.3, 0.4) is 0 Å². The van der Waals surface area contributed by atoms with Gasteiger partial charge in [0, 0.05) is 17.3 Å². The molecule has 0 aliphatic rings. The lowest BCUT2D eigenvalue weighted by Crippen LogP contribution is -2.24. The van der Waals surface area contributed by atoms with Crippen molar-refractivity contribution in [2.75, 3.05) is 19.8 Å². The molecule has 0 spiro atoms.